The fourth-order valence-corrected chi connectivity index (χ4v) is 3.13. The summed E-state index contributed by atoms with van der Waals surface area (Å²) >= 11 is 0. The molecule has 1 aliphatic carbocycles. The summed E-state index contributed by atoms with van der Waals surface area (Å²) < 4.78 is 13.2. The van der Waals surface area contributed by atoms with E-state index < -0.39 is 0 Å². The number of fused-ring (bicyclic) bond motifs is 1. The number of carbonyl (C=O) groups is 1. The third-order valence-corrected chi connectivity index (χ3v) is 4.46. The summed E-state index contributed by atoms with van der Waals surface area (Å²) in [4.78, 5) is 12.3. The molecule has 128 valence electrons. The van der Waals surface area contributed by atoms with Gasteiger partial charge in [-0.25, -0.2) is 4.79 Å². The van der Waals surface area contributed by atoms with Gasteiger partial charge in [-0.1, -0.05) is 30.3 Å². The first-order chi connectivity index (χ1) is 12.3. The van der Waals surface area contributed by atoms with Crippen molar-refractivity contribution in [1.29, 1.82) is 0 Å². The smallest absolute Gasteiger partial charge is 0.354 e. The van der Waals surface area contributed by atoms with Gasteiger partial charge in [0.05, 0.1) is 6.61 Å². The van der Waals surface area contributed by atoms with Gasteiger partial charge in [0.2, 0.25) is 0 Å². The van der Waals surface area contributed by atoms with Crippen molar-refractivity contribution >= 4 is 16.9 Å². The Hall–Kier alpha value is -2.75. The highest BCUT2D eigenvalue weighted by molar-refractivity contribution is 5.96. The molecule has 0 radical (unpaired) electrons. The molecule has 0 N–H and O–H groups in total. The third-order valence-electron chi connectivity index (χ3n) is 4.46. The molecular weight excluding hydrogens is 314 g/mol. The van der Waals surface area contributed by atoms with Crippen LogP contribution in [0.15, 0.2) is 54.6 Å². The maximum Gasteiger partial charge on any atom is 0.354 e. The molecule has 0 aliphatic heterocycles. The number of aromatic nitrogens is 1. The monoisotopic (exact) mass is 335 g/mol. The Bertz CT molecular complexity index is 894. The van der Waals surface area contributed by atoms with Crippen molar-refractivity contribution in [2.75, 3.05) is 6.61 Å². The molecule has 0 bridgehead atoms. The van der Waals surface area contributed by atoms with Crippen LogP contribution >= 0.6 is 0 Å². The number of hydrogen-bond donors (Lipinski definition) is 0. The van der Waals surface area contributed by atoms with Gasteiger partial charge in [0.25, 0.3) is 0 Å². The third kappa shape index (κ3) is 3.25. The van der Waals surface area contributed by atoms with Crippen molar-refractivity contribution in [2.24, 2.45) is 0 Å². The van der Waals surface area contributed by atoms with Crippen LogP contribution < -0.4 is 4.74 Å². The van der Waals surface area contributed by atoms with Gasteiger partial charge in [-0.15, -0.1) is 0 Å². The maximum atomic E-state index is 12.3. The molecule has 2 aromatic carbocycles. The van der Waals surface area contributed by atoms with Crippen LogP contribution in [-0.2, 0) is 11.3 Å². The van der Waals surface area contributed by atoms with Crippen LogP contribution in [-0.4, -0.2) is 17.1 Å². The lowest BCUT2D eigenvalue weighted by molar-refractivity contribution is 0.0514. The molecule has 1 aromatic heterocycles. The second-order valence-corrected chi connectivity index (χ2v) is 6.35. The largest absolute Gasteiger partial charge is 0.489 e. The summed E-state index contributed by atoms with van der Waals surface area (Å²) in [7, 11) is 0. The second kappa shape index (κ2) is 6.63. The number of nitrogens with zero attached hydrogens (tertiary/aromatic N) is 1. The minimum Gasteiger partial charge on any atom is -0.489 e. The van der Waals surface area contributed by atoms with E-state index in [1.807, 2.05) is 61.5 Å². The van der Waals surface area contributed by atoms with Gasteiger partial charge in [-0.2, -0.15) is 0 Å². The first kappa shape index (κ1) is 15.8. The fourth-order valence-electron chi connectivity index (χ4n) is 3.13. The van der Waals surface area contributed by atoms with Crippen molar-refractivity contribution in [2.45, 2.75) is 32.4 Å². The maximum absolute atomic E-state index is 12.3. The number of benzene rings is 2. The molecule has 1 heterocycles. The SMILES string of the molecule is CCOC(=O)c1cc2cc(OCc3ccccc3)ccc2n1C1CC1. The van der Waals surface area contributed by atoms with Crippen molar-refractivity contribution in [3.63, 3.8) is 0 Å². The first-order valence-electron chi connectivity index (χ1n) is 8.75. The molecule has 25 heavy (non-hydrogen) atoms. The lowest BCUT2D eigenvalue weighted by Gasteiger charge is -2.09. The van der Waals surface area contributed by atoms with E-state index in [2.05, 4.69) is 4.57 Å². The molecule has 1 saturated carbocycles. The van der Waals surface area contributed by atoms with Gasteiger partial charge < -0.3 is 14.0 Å². The average molecular weight is 335 g/mol. The molecule has 3 aromatic rings. The van der Waals surface area contributed by atoms with Crippen LogP contribution in [0, 0.1) is 0 Å². The van der Waals surface area contributed by atoms with Crippen LogP contribution in [0.1, 0.15) is 41.9 Å². The van der Waals surface area contributed by atoms with E-state index in [1.54, 1.807) is 0 Å². The lowest BCUT2D eigenvalue weighted by atomic mass is 10.2. The van der Waals surface area contributed by atoms with E-state index in [0.29, 0.717) is 24.9 Å². The Morgan fingerprint density at radius 3 is 2.64 bits per heavy atom. The van der Waals surface area contributed by atoms with E-state index in [0.717, 1.165) is 35.1 Å². The molecule has 0 unspecified atom stereocenters. The van der Waals surface area contributed by atoms with Crippen molar-refractivity contribution in [3.05, 3.63) is 65.9 Å². The zero-order valence-electron chi connectivity index (χ0n) is 14.3. The molecule has 4 rings (SSSR count). The van der Waals surface area contributed by atoms with Gasteiger partial charge in [0.15, 0.2) is 0 Å². The predicted octanol–water partition coefficient (Wildman–Crippen LogP) is 4.73. The number of rotatable bonds is 6. The zero-order valence-corrected chi connectivity index (χ0v) is 14.3. The highest BCUT2D eigenvalue weighted by atomic mass is 16.5. The molecule has 0 atom stereocenters. The molecule has 4 nitrogen and oxygen atoms in total. The molecule has 1 fully saturated rings. The second-order valence-electron chi connectivity index (χ2n) is 6.35. The van der Waals surface area contributed by atoms with Gasteiger partial charge in [0.1, 0.15) is 18.1 Å². The van der Waals surface area contributed by atoms with Gasteiger partial charge in [0, 0.05) is 16.9 Å². The van der Waals surface area contributed by atoms with Crippen LogP contribution in [0.5, 0.6) is 5.75 Å². The van der Waals surface area contributed by atoms with Crippen LogP contribution in [0.25, 0.3) is 10.9 Å². The molecule has 1 aliphatic rings. The van der Waals surface area contributed by atoms with E-state index >= 15 is 0 Å². The van der Waals surface area contributed by atoms with Gasteiger partial charge >= 0.3 is 5.97 Å². The highest BCUT2D eigenvalue weighted by Gasteiger charge is 2.30. The summed E-state index contributed by atoms with van der Waals surface area (Å²) in [5.74, 6) is 0.553. The van der Waals surface area contributed by atoms with E-state index in [1.165, 1.54) is 0 Å². The average Bonchev–Trinajstić information content (AvgIpc) is 3.40. The predicted molar refractivity (Wildman–Crippen MR) is 96.9 cm³/mol. The van der Waals surface area contributed by atoms with Crippen molar-refractivity contribution in [3.8, 4) is 5.75 Å². The summed E-state index contributed by atoms with van der Waals surface area (Å²) in [5, 5.41) is 1.01. The Morgan fingerprint density at radius 2 is 1.92 bits per heavy atom. The number of hydrogen-bond acceptors (Lipinski definition) is 3. The topological polar surface area (TPSA) is 40.5 Å². The Labute approximate surface area is 147 Å². The number of ether oxygens (including phenoxy) is 2. The summed E-state index contributed by atoms with van der Waals surface area (Å²) in [6.45, 7) is 2.74. The van der Waals surface area contributed by atoms with Crippen LogP contribution in [0.2, 0.25) is 0 Å². The normalized spacial score (nSPS) is 13.8. The van der Waals surface area contributed by atoms with Crippen LogP contribution in [0.3, 0.4) is 0 Å². The molecule has 0 spiro atoms. The Balaban J connectivity index is 1.63. The summed E-state index contributed by atoms with van der Waals surface area (Å²) in [6, 6.07) is 18.4. The minimum atomic E-state index is -0.252. The molecule has 4 heteroatoms. The molecule has 0 amide bonds. The highest BCUT2D eigenvalue weighted by Crippen LogP contribution is 2.40. The first-order valence-corrected chi connectivity index (χ1v) is 8.75. The van der Waals surface area contributed by atoms with E-state index in [-0.39, 0.29) is 5.97 Å². The number of esters is 1. The fraction of sp³-hybridized carbons (Fsp3) is 0.286. The summed E-state index contributed by atoms with van der Waals surface area (Å²) in [6.07, 6.45) is 2.23. The van der Waals surface area contributed by atoms with Crippen molar-refractivity contribution < 1.29 is 14.3 Å². The minimum absolute atomic E-state index is 0.252. The Kier molecular flexibility index (Phi) is 4.18. The quantitative estimate of drug-likeness (QED) is 0.611. The standard InChI is InChI=1S/C21H21NO3/c1-2-24-21(23)20-13-16-12-18(25-14-15-6-4-3-5-7-15)10-11-19(16)22(20)17-8-9-17/h3-7,10-13,17H,2,8-9,14H2,1H3. The molecule has 0 saturated heterocycles. The Morgan fingerprint density at radius 1 is 1.12 bits per heavy atom. The van der Waals surface area contributed by atoms with Gasteiger partial charge in [-0.05, 0) is 49.6 Å². The van der Waals surface area contributed by atoms with E-state index in [4.69, 9.17) is 9.47 Å². The van der Waals surface area contributed by atoms with Crippen LogP contribution in [0.4, 0.5) is 0 Å². The van der Waals surface area contributed by atoms with Crippen molar-refractivity contribution in [1.82, 2.24) is 4.57 Å². The molecular formula is C21H21NO3. The number of carbonyl (C=O) groups excluding carboxylic acids is 1. The summed E-state index contributed by atoms with van der Waals surface area (Å²) in [5.41, 5.74) is 2.84. The lowest BCUT2D eigenvalue weighted by Crippen LogP contribution is -2.11. The van der Waals surface area contributed by atoms with E-state index in [9.17, 15) is 4.79 Å². The van der Waals surface area contributed by atoms with Gasteiger partial charge in [-0.3, -0.25) is 0 Å². The zero-order chi connectivity index (χ0) is 17.2.